The number of amides is 1. The normalized spacial score (nSPS) is 21.6. The first kappa shape index (κ1) is 21.8. The van der Waals surface area contributed by atoms with Crippen LogP contribution in [-0.4, -0.2) is 73.0 Å². The van der Waals surface area contributed by atoms with Crippen molar-refractivity contribution in [2.24, 2.45) is 0 Å². The molecule has 4 rings (SSSR count). The molecule has 2 heterocycles. The van der Waals surface area contributed by atoms with Crippen LogP contribution < -0.4 is 4.74 Å². The van der Waals surface area contributed by atoms with Crippen molar-refractivity contribution in [2.75, 3.05) is 40.3 Å². The third kappa shape index (κ3) is 5.46. The predicted molar refractivity (Wildman–Crippen MR) is 124 cm³/mol. The molecule has 2 aromatic rings. The summed E-state index contributed by atoms with van der Waals surface area (Å²) in [5.74, 6) is 1.25. The number of para-hydroxylation sites is 1. The average Bonchev–Trinajstić information content (AvgIpc) is 3.12. The van der Waals surface area contributed by atoms with Gasteiger partial charge in [0.25, 0.3) is 0 Å². The number of rotatable bonds is 6. The molecule has 0 unspecified atom stereocenters. The molecular formula is C26H35N3O2. The minimum absolute atomic E-state index is 0.253. The Labute approximate surface area is 186 Å². The summed E-state index contributed by atoms with van der Waals surface area (Å²) < 4.78 is 6.17. The summed E-state index contributed by atoms with van der Waals surface area (Å²) in [4.78, 5) is 20.1. The molecule has 0 radical (unpaired) electrons. The van der Waals surface area contributed by atoms with Crippen LogP contribution >= 0.6 is 0 Å². The molecule has 2 atom stereocenters. The molecule has 0 N–H and O–H groups in total. The molecule has 2 aromatic carbocycles. The van der Waals surface area contributed by atoms with Crippen LogP contribution in [0.25, 0.3) is 0 Å². The fourth-order valence-electron chi connectivity index (χ4n) is 4.94. The zero-order valence-corrected chi connectivity index (χ0v) is 19.1. The van der Waals surface area contributed by atoms with Crippen molar-refractivity contribution >= 4 is 5.91 Å². The molecule has 0 saturated carbocycles. The van der Waals surface area contributed by atoms with Gasteiger partial charge in [0.05, 0.1) is 12.5 Å². The van der Waals surface area contributed by atoms with Crippen LogP contribution in [-0.2, 0) is 17.8 Å². The zero-order valence-electron chi connectivity index (χ0n) is 19.1. The van der Waals surface area contributed by atoms with Crippen LogP contribution in [0.2, 0.25) is 0 Å². The number of hydrogen-bond acceptors (Lipinski definition) is 4. The first-order valence-corrected chi connectivity index (χ1v) is 11.4. The van der Waals surface area contributed by atoms with E-state index in [2.05, 4.69) is 72.1 Å². The standard InChI is InChI=1S/C26H35N3O2/c1-20-8-6-9-21(14-20)15-26(30)29-13-7-11-23(29)18-28-16-22-10-4-5-12-25(22)31-19-24(28)17-27(2)3/h4-6,8-10,12,14,23-24H,7,11,13,15-19H2,1-3H3/t23-,24+/m0/s1. The van der Waals surface area contributed by atoms with E-state index in [1.165, 1.54) is 11.1 Å². The van der Waals surface area contributed by atoms with Gasteiger partial charge in [0, 0.05) is 37.8 Å². The number of benzene rings is 2. The highest BCUT2D eigenvalue weighted by atomic mass is 16.5. The Kier molecular flexibility index (Phi) is 6.93. The van der Waals surface area contributed by atoms with Gasteiger partial charge in [-0.25, -0.2) is 0 Å². The molecular weight excluding hydrogens is 386 g/mol. The summed E-state index contributed by atoms with van der Waals surface area (Å²) >= 11 is 0. The van der Waals surface area contributed by atoms with Crippen LogP contribution in [0.3, 0.4) is 0 Å². The molecule has 5 nitrogen and oxygen atoms in total. The number of carbonyl (C=O) groups is 1. The molecule has 31 heavy (non-hydrogen) atoms. The van der Waals surface area contributed by atoms with Crippen molar-refractivity contribution < 1.29 is 9.53 Å². The van der Waals surface area contributed by atoms with Gasteiger partial charge in [-0.3, -0.25) is 9.69 Å². The molecule has 1 saturated heterocycles. The highest BCUT2D eigenvalue weighted by Gasteiger charge is 2.33. The second-order valence-corrected chi connectivity index (χ2v) is 9.31. The first-order valence-electron chi connectivity index (χ1n) is 11.4. The van der Waals surface area contributed by atoms with E-state index in [0.717, 1.165) is 50.3 Å². The molecule has 166 valence electrons. The van der Waals surface area contributed by atoms with Crippen molar-refractivity contribution in [2.45, 2.75) is 44.8 Å². The second-order valence-electron chi connectivity index (χ2n) is 9.31. The third-order valence-electron chi connectivity index (χ3n) is 6.45. The molecule has 5 heteroatoms. The number of ether oxygens (including phenoxy) is 1. The molecule has 0 aliphatic carbocycles. The summed E-state index contributed by atoms with van der Waals surface area (Å²) in [6.07, 6.45) is 2.65. The van der Waals surface area contributed by atoms with Crippen molar-refractivity contribution in [1.29, 1.82) is 0 Å². The lowest BCUT2D eigenvalue weighted by atomic mass is 10.1. The number of likely N-dealkylation sites (N-methyl/N-ethyl adjacent to an activating group) is 1. The monoisotopic (exact) mass is 421 g/mol. The van der Waals surface area contributed by atoms with E-state index in [4.69, 9.17) is 4.74 Å². The maximum absolute atomic E-state index is 13.2. The molecule has 1 fully saturated rings. The van der Waals surface area contributed by atoms with Crippen LogP contribution in [0.15, 0.2) is 48.5 Å². The van der Waals surface area contributed by atoms with Gasteiger partial charge >= 0.3 is 0 Å². The third-order valence-corrected chi connectivity index (χ3v) is 6.45. The fraction of sp³-hybridized carbons (Fsp3) is 0.500. The van der Waals surface area contributed by atoms with E-state index in [0.29, 0.717) is 19.1 Å². The van der Waals surface area contributed by atoms with Gasteiger partial charge in [-0.05, 0) is 45.5 Å². The maximum Gasteiger partial charge on any atom is 0.227 e. The molecule has 0 aromatic heterocycles. The van der Waals surface area contributed by atoms with Crippen molar-refractivity contribution in [1.82, 2.24) is 14.7 Å². The molecule has 0 spiro atoms. The number of hydrogen-bond donors (Lipinski definition) is 0. The Hall–Kier alpha value is -2.37. The van der Waals surface area contributed by atoms with Crippen molar-refractivity contribution in [3.05, 3.63) is 65.2 Å². The lowest BCUT2D eigenvalue weighted by molar-refractivity contribution is -0.131. The lowest BCUT2D eigenvalue weighted by Crippen LogP contribution is -2.50. The SMILES string of the molecule is Cc1cccc(CC(=O)N2CCC[C@H]2CN2Cc3ccccc3OC[C@H]2CN(C)C)c1. The van der Waals surface area contributed by atoms with E-state index < -0.39 is 0 Å². The fourth-order valence-corrected chi connectivity index (χ4v) is 4.94. The zero-order chi connectivity index (χ0) is 21.8. The van der Waals surface area contributed by atoms with Crippen LogP contribution in [0.4, 0.5) is 0 Å². The van der Waals surface area contributed by atoms with Crippen molar-refractivity contribution in [3.8, 4) is 5.75 Å². The van der Waals surface area contributed by atoms with E-state index in [1.54, 1.807) is 0 Å². The van der Waals surface area contributed by atoms with Gasteiger partial charge in [-0.1, -0.05) is 48.0 Å². The van der Waals surface area contributed by atoms with Gasteiger partial charge in [-0.15, -0.1) is 0 Å². The van der Waals surface area contributed by atoms with Gasteiger partial charge in [0.1, 0.15) is 12.4 Å². The van der Waals surface area contributed by atoms with E-state index in [1.807, 2.05) is 12.1 Å². The Morgan fingerprint density at radius 2 is 1.97 bits per heavy atom. The number of fused-ring (bicyclic) bond motifs is 1. The second kappa shape index (κ2) is 9.84. The van der Waals surface area contributed by atoms with E-state index >= 15 is 0 Å². The number of nitrogens with zero attached hydrogens (tertiary/aromatic N) is 3. The molecule has 2 aliphatic heterocycles. The lowest BCUT2D eigenvalue weighted by Gasteiger charge is -2.35. The Balaban J connectivity index is 1.48. The van der Waals surface area contributed by atoms with Gasteiger partial charge in [-0.2, -0.15) is 0 Å². The van der Waals surface area contributed by atoms with Crippen LogP contribution in [0.1, 0.15) is 29.5 Å². The van der Waals surface area contributed by atoms with Gasteiger partial charge in [0.2, 0.25) is 5.91 Å². The Morgan fingerprint density at radius 3 is 2.77 bits per heavy atom. The molecule has 0 bridgehead atoms. The minimum Gasteiger partial charge on any atom is -0.492 e. The number of aryl methyl sites for hydroxylation is 1. The van der Waals surface area contributed by atoms with E-state index in [-0.39, 0.29) is 11.9 Å². The molecule has 2 aliphatic rings. The van der Waals surface area contributed by atoms with Crippen LogP contribution in [0.5, 0.6) is 5.75 Å². The quantitative estimate of drug-likeness (QED) is 0.717. The number of likely N-dealkylation sites (tertiary alicyclic amines) is 1. The number of carbonyl (C=O) groups excluding carboxylic acids is 1. The average molecular weight is 422 g/mol. The van der Waals surface area contributed by atoms with Crippen LogP contribution in [0, 0.1) is 6.92 Å². The topological polar surface area (TPSA) is 36.0 Å². The Bertz CT molecular complexity index is 898. The predicted octanol–water partition coefficient (Wildman–Crippen LogP) is 3.35. The summed E-state index contributed by atoms with van der Waals surface area (Å²) in [6, 6.07) is 17.2. The summed E-state index contributed by atoms with van der Waals surface area (Å²) in [5.41, 5.74) is 3.55. The smallest absolute Gasteiger partial charge is 0.227 e. The minimum atomic E-state index is 0.253. The highest BCUT2D eigenvalue weighted by molar-refractivity contribution is 5.79. The highest BCUT2D eigenvalue weighted by Crippen LogP contribution is 2.27. The van der Waals surface area contributed by atoms with Gasteiger partial charge in [0.15, 0.2) is 0 Å². The first-order chi connectivity index (χ1) is 15.0. The van der Waals surface area contributed by atoms with E-state index in [9.17, 15) is 4.79 Å². The summed E-state index contributed by atoms with van der Waals surface area (Å²) in [6.45, 7) is 6.34. The molecule has 1 amide bonds. The van der Waals surface area contributed by atoms with Crippen molar-refractivity contribution in [3.63, 3.8) is 0 Å². The maximum atomic E-state index is 13.2. The Morgan fingerprint density at radius 1 is 1.13 bits per heavy atom. The van der Waals surface area contributed by atoms with Gasteiger partial charge < -0.3 is 14.5 Å². The summed E-state index contributed by atoms with van der Waals surface area (Å²) in [5, 5.41) is 0. The largest absolute Gasteiger partial charge is 0.492 e. The summed E-state index contributed by atoms with van der Waals surface area (Å²) in [7, 11) is 4.23.